The van der Waals surface area contributed by atoms with Crippen LogP contribution in [0.15, 0.2) is 18.3 Å². The van der Waals surface area contributed by atoms with Crippen LogP contribution in [0.4, 0.5) is 0 Å². The van der Waals surface area contributed by atoms with Crippen molar-refractivity contribution in [3.05, 3.63) is 24.0 Å². The van der Waals surface area contributed by atoms with Crippen LogP contribution in [0.2, 0.25) is 0 Å². The van der Waals surface area contributed by atoms with Crippen molar-refractivity contribution in [2.75, 3.05) is 13.1 Å². The molecular weight excluding hydrogens is 346 g/mol. The van der Waals surface area contributed by atoms with Crippen molar-refractivity contribution in [3.8, 4) is 5.75 Å². The van der Waals surface area contributed by atoms with Crippen LogP contribution in [0, 0.1) is 0 Å². The third-order valence-electron chi connectivity index (χ3n) is 6.48. The molecular formula is C20H27N3O4. The highest BCUT2D eigenvalue weighted by molar-refractivity contribution is 6.00. The highest BCUT2D eigenvalue weighted by Gasteiger charge is 2.54. The molecule has 1 spiro atoms. The third-order valence-corrected chi connectivity index (χ3v) is 6.48. The number of aromatic nitrogens is 1. The summed E-state index contributed by atoms with van der Waals surface area (Å²) in [6.07, 6.45) is 7.29. The van der Waals surface area contributed by atoms with Gasteiger partial charge in [-0.3, -0.25) is 9.59 Å². The van der Waals surface area contributed by atoms with Gasteiger partial charge in [0.2, 0.25) is 5.91 Å². The van der Waals surface area contributed by atoms with Crippen LogP contribution >= 0.6 is 0 Å². The van der Waals surface area contributed by atoms with Crippen molar-refractivity contribution in [2.45, 2.75) is 69.1 Å². The highest BCUT2D eigenvalue weighted by atomic mass is 16.3. The summed E-state index contributed by atoms with van der Waals surface area (Å²) in [7, 11) is 0. The molecule has 1 atom stereocenters. The van der Waals surface area contributed by atoms with E-state index >= 15 is 0 Å². The van der Waals surface area contributed by atoms with Gasteiger partial charge in [0.25, 0.3) is 5.91 Å². The minimum atomic E-state index is -0.810. The van der Waals surface area contributed by atoms with Gasteiger partial charge in [0.1, 0.15) is 11.3 Å². The summed E-state index contributed by atoms with van der Waals surface area (Å²) in [6.45, 7) is 1.23. The molecule has 7 nitrogen and oxygen atoms in total. The van der Waals surface area contributed by atoms with Gasteiger partial charge in [-0.1, -0.05) is 0 Å². The van der Waals surface area contributed by atoms with Crippen molar-refractivity contribution in [3.63, 3.8) is 0 Å². The van der Waals surface area contributed by atoms with E-state index in [-0.39, 0.29) is 35.4 Å². The Bertz CT molecular complexity index is 732. The first-order chi connectivity index (χ1) is 13.0. The maximum Gasteiger partial charge on any atom is 0.277 e. The number of likely N-dealkylation sites (tertiary alicyclic amines) is 2. The molecule has 2 amide bonds. The van der Waals surface area contributed by atoms with Crippen molar-refractivity contribution < 1.29 is 19.8 Å². The number of rotatable bonds is 2. The Labute approximate surface area is 159 Å². The second kappa shape index (κ2) is 7.11. The maximum absolute atomic E-state index is 13.5. The van der Waals surface area contributed by atoms with Crippen LogP contribution in [0.3, 0.4) is 0 Å². The second-order valence-electron chi connectivity index (χ2n) is 8.03. The highest BCUT2D eigenvalue weighted by Crippen LogP contribution is 2.41. The Morgan fingerprint density at radius 3 is 2.56 bits per heavy atom. The van der Waals surface area contributed by atoms with Gasteiger partial charge in [-0.25, -0.2) is 4.98 Å². The lowest BCUT2D eigenvalue weighted by atomic mass is 9.82. The molecule has 2 saturated heterocycles. The van der Waals surface area contributed by atoms with E-state index in [9.17, 15) is 19.8 Å². The van der Waals surface area contributed by atoms with E-state index in [0.29, 0.717) is 19.4 Å². The number of hydrogen-bond donors (Lipinski definition) is 2. The van der Waals surface area contributed by atoms with Crippen molar-refractivity contribution in [1.82, 2.24) is 14.8 Å². The lowest BCUT2D eigenvalue weighted by Crippen LogP contribution is -2.63. The molecule has 2 N–H and O–H groups in total. The molecule has 1 aliphatic carbocycles. The van der Waals surface area contributed by atoms with Gasteiger partial charge < -0.3 is 20.0 Å². The molecule has 4 rings (SSSR count). The third kappa shape index (κ3) is 3.08. The molecule has 1 saturated carbocycles. The van der Waals surface area contributed by atoms with E-state index in [1.54, 1.807) is 11.0 Å². The molecule has 27 heavy (non-hydrogen) atoms. The van der Waals surface area contributed by atoms with E-state index < -0.39 is 5.54 Å². The average molecular weight is 373 g/mol. The Morgan fingerprint density at radius 1 is 1.15 bits per heavy atom. The van der Waals surface area contributed by atoms with Crippen molar-refractivity contribution in [1.29, 1.82) is 0 Å². The number of aromatic hydroxyl groups is 1. The molecule has 1 aromatic rings. The van der Waals surface area contributed by atoms with Crippen LogP contribution in [-0.4, -0.2) is 67.6 Å². The normalized spacial score (nSPS) is 31.5. The Kier molecular flexibility index (Phi) is 4.80. The van der Waals surface area contributed by atoms with Crippen LogP contribution in [-0.2, 0) is 4.79 Å². The smallest absolute Gasteiger partial charge is 0.277 e. The van der Waals surface area contributed by atoms with Crippen LogP contribution in [0.1, 0.15) is 61.9 Å². The summed E-state index contributed by atoms with van der Waals surface area (Å²) in [5.41, 5.74) is -0.792. The Balaban J connectivity index is 1.59. The molecule has 1 aromatic heterocycles. The molecule has 3 fully saturated rings. The zero-order valence-corrected chi connectivity index (χ0v) is 15.5. The van der Waals surface area contributed by atoms with E-state index in [2.05, 4.69) is 4.98 Å². The summed E-state index contributed by atoms with van der Waals surface area (Å²) in [5, 5.41) is 19.8. The molecule has 0 radical (unpaired) electrons. The number of amides is 2. The van der Waals surface area contributed by atoms with E-state index in [0.717, 1.165) is 45.1 Å². The van der Waals surface area contributed by atoms with Gasteiger partial charge in [-0.05, 0) is 63.5 Å². The van der Waals surface area contributed by atoms with E-state index in [1.165, 1.54) is 12.3 Å². The number of aliphatic hydroxyl groups excluding tert-OH is 1. The zero-order valence-electron chi connectivity index (χ0n) is 15.5. The number of carbonyl (C=O) groups is 2. The number of carbonyl (C=O) groups excluding carboxylic acids is 2. The molecule has 1 unspecified atom stereocenters. The summed E-state index contributed by atoms with van der Waals surface area (Å²) >= 11 is 0. The molecule has 3 heterocycles. The fourth-order valence-electron chi connectivity index (χ4n) is 5.08. The number of pyridine rings is 1. The van der Waals surface area contributed by atoms with Gasteiger partial charge in [0.05, 0.1) is 6.10 Å². The van der Waals surface area contributed by atoms with E-state index in [1.807, 2.05) is 4.90 Å². The predicted molar refractivity (Wildman–Crippen MR) is 98.1 cm³/mol. The summed E-state index contributed by atoms with van der Waals surface area (Å²) in [5.74, 6) is -0.470. The maximum atomic E-state index is 13.5. The van der Waals surface area contributed by atoms with Crippen LogP contribution in [0.25, 0.3) is 0 Å². The Morgan fingerprint density at radius 2 is 1.85 bits per heavy atom. The summed E-state index contributed by atoms with van der Waals surface area (Å²) in [4.78, 5) is 34.3. The Hall–Kier alpha value is -2.15. The number of nitrogens with zero attached hydrogens (tertiary/aromatic N) is 3. The first-order valence-corrected chi connectivity index (χ1v) is 9.98. The first kappa shape index (κ1) is 18.2. The minimum absolute atomic E-state index is 0.0180. The molecule has 0 aromatic carbocycles. The van der Waals surface area contributed by atoms with Gasteiger partial charge in [0.15, 0.2) is 5.69 Å². The summed E-state index contributed by atoms with van der Waals surface area (Å²) < 4.78 is 0. The minimum Gasteiger partial charge on any atom is -0.505 e. The standard InChI is InChI=1S/C20H27N3O4/c24-15-7-5-14(6-8-15)22-12-2-9-20(19(22)27)10-3-13-23(20)18(26)17-16(25)4-1-11-21-17/h1,4,11,14-15,24-25H,2-3,5-10,12-13H2. The van der Waals surface area contributed by atoms with Crippen molar-refractivity contribution in [2.24, 2.45) is 0 Å². The summed E-state index contributed by atoms with van der Waals surface area (Å²) in [6, 6.07) is 3.18. The quantitative estimate of drug-likeness (QED) is 0.823. The van der Waals surface area contributed by atoms with Gasteiger partial charge in [0, 0.05) is 25.3 Å². The molecule has 146 valence electrons. The topological polar surface area (TPSA) is 94.0 Å². The zero-order chi connectivity index (χ0) is 19.0. The molecule has 3 aliphatic rings. The van der Waals surface area contributed by atoms with Crippen LogP contribution < -0.4 is 0 Å². The SMILES string of the molecule is O=C(c1ncccc1O)N1CCCC12CCCN(C1CCC(O)CC1)C2=O. The van der Waals surface area contributed by atoms with E-state index in [4.69, 9.17) is 0 Å². The van der Waals surface area contributed by atoms with Crippen LogP contribution in [0.5, 0.6) is 5.75 Å². The first-order valence-electron chi connectivity index (χ1n) is 9.98. The largest absolute Gasteiger partial charge is 0.505 e. The number of piperidine rings is 1. The van der Waals surface area contributed by atoms with Gasteiger partial charge >= 0.3 is 0 Å². The predicted octanol–water partition coefficient (Wildman–Crippen LogP) is 1.69. The van der Waals surface area contributed by atoms with Gasteiger partial charge in [-0.15, -0.1) is 0 Å². The lowest BCUT2D eigenvalue weighted by molar-refractivity contribution is -0.149. The van der Waals surface area contributed by atoms with Gasteiger partial charge in [-0.2, -0.15) is 0 Å². The van der Waals surface area contributed by atoms with Crippen molar-refractivity contribution >= 4 is 11.8 Å². The fourth-order valence-corrected chi connectivity index (χ4v) is 5.08. The monoisotopic (exact) mass is 373 g/mol. The molecule has 7 heteroatoms. The lowest BCUT2D eigenvalue weighted by Gasteiger charge is -2.48. The molecule has 2 aliphatic heterocycles. The number of aliphatic hydroxyl groups is 1. The fraction of sp³-hybridized carbons (Fsp3) is 0.650. The molecule has 0 bridgehead atoms. The second-order valence-corrected chi connectivity index (χ2v) is 8.03. The number of hydrogen-bond acceptors (Lipinski definition) is 5. The average Bonchev–Trinajstić information content (AvgIpc) is 3.09.